The van der Waals surface area contributed by atoms with Crippen LogP contribution in [-0.2, 0) is 0 Å². The predicted octanol–water partition coefficient (Wildman–Crippen LogP) is 4.63. The van der Waals surface area contributed by atoms with Crippen LogP contribution in [0.25, 0.3) is 0 Å². The molecule has 3 aromatic rings. The Kier molecular flexibility index (Phi) is 9.48. The Morgan fingerprint density at radius 3 is 2.09 bits per heavy atom. The maximum Gasteiger partial charge on any atom is 0.258 e. The van der Waals surface area contributed by atoms with Gasteiger partial charge < -0.3 is 25.3 Å². The summed E-state index contributed by atoms with van der Waals surface area (Å²) >= 11 is 6.20. The van der Waals surface area contributed by atoms with Gasteiger partial charge in [0.1, 0.15) is 0 Å². The number of hydrogen-bond donors (Lipinski definition) is 3. The van der Waals surface area contributed by atoms with Crippen molar-refractivity contribution in [3.8, 4) is 17.2 Å². The van der Waals surface area contributed by atoms with Crippen molar-refractivity contribution in [1.82, 2.24) is 5.32 Å². The third-order valence-electron chi connectivity index (χ3n) is 4.64. The Bertz CT molecular complexity index is 1210. The van der Waals surface area contributed by atoms with E-state index in [2.05, 4.69) is 15.6 Å². The zero-order valence-electron chi connectivity index (χ0n) is 18.7. The van der Waals surface area contributed by atoms with Crippen molar-refractivity contribution in [1.29, 1.82) is 0 Å². The number of methoxy groups -OCH3 is 3. The van der Waals surface area contributed by atoms with Crippen molar-refractivity contribution in [3.63, 3.8) is 0 Å². The quantitative estimate of drug-likeness (QED) is 0.322. The molecule has 0 radical (unpaired) electrons. The first-order valence-electron chi connectivity index (χ1n) is 9.97. The Hall–Kier alpha value is -4.24. The highest BCUT2D eigenvalue weighted by molar-refractivity contribution is 6.34. The number of amides is 2. The van der Waals surface area contributed by atoms with E-state index in [4.69, 9.17) is 31.5 Å². The van der Waals surface area contributed by atoms with Crippen LogP contribution in [0, 0.1) is 0 Å². The van der Waals surface area contributed by atoms with Gasteiger partial charge in [-0.15, -0.1) is 0 Å². The second kappa shape index (κ2) is 12.3. The smallest absolute Gasteiger partial charge is 0.258 e. The summed E-state index contributed by atoms with van der Waals surface area (Å²) in [4.78, 5) is 29.5. The third kappa shape index (κ3) is 6.64. The molecule has 0 heterocycles. The number of guanidine groups is 1. The van der Waals surface area contributed by atoms with Crippen LogP contribution < -0.4 is 30.6 Å². The summed E-state index contributed by atoms with van der Waals surface area (Å²) in [5.41, 5.74) is 7.29. The molecule has 0 aliphatic heterocycles. The van der Waals surface area contributed by atoms with Gasteiger partial charge in [0.05, 0.1) is 37.6 Å². The second-order valence-corrected chi connectivity index (χ2v) is 7.26. The molecule has 0 aliphatic rings. The first kappa shape index (κ1) is 27.0. The third-order valence-corrected chi connectivity index (χ3v) is 4.97. The molecule has 0 aromatic heterocycles. The molecule has 2 amide bonds. The van der Waals surface area contributed by atoms with Crippen LogP contribution in [0.15, 0.2) is 65.7 Å². The first-order chi connectivity index (χ1) is 16.4. The zero-order valence-corrected chi connectivity index (χ0v) is 19.5. The van der Waals surface area contributed by atoms with Crippen molar-refractivity contribution >= 4 is 40.7 Å². The van der Waals surface area contributed by atoms with Crippen LogP contribution in [0.4, 0.5) is 11.4 Å². The van der Waals surface area contributed by atoms with Crippen molar-refractivity contribution in [2.24, 2.45) is 10.7 Å². The van der Waals surface area contributed by atoms with Crippen molar-refractivity contribution in [3.05, 3.63) is 76.8 Å². The molecule has 4 N–H and O–H groups in total. The van der Waals surface area contributed by atoms with Gasteiger partial charge in [-0.25, -0.2) is 4.99 Å². The fourth-order valence-corrected chi connectivity index (χ4v) is 3.25. The summed E-state index contributed by atoms with van der Waals surface area (Å²) in [6, 6.07) is 16.5. The number of para-hydroxylation sites is 1. The SMILES string of the molecule is C.COc1cc(C(=O)NC(N)=Nc2ccc(Cl)c(C(=O)Nc3ccccc3)c2)cc(OC)c1OC. The standard InChI is InChI=1S/C24H23ClN4O5.CH4/c1-32-19-11-14(12-20(33-2)21(19)34-3)22(30)29-24(26)28-16-9-10-18(25)17(13-16)23(31)27-15-7-5-4-6-8-15;/h4-13H,1-3H3,(H,27,31)(H3,26,28,29,30);1H4. The van der Waals surface area contributed by atoms with Crippen LogP contribution in [0.5, 0.6) is 17.2 Å². The van der Waals surface area contributed by atoms with Crippen LogP contribution in [0.1, 0.15) is 28.1 Å². The zero-order chi connectivity index (χ0) is 24.7. The minimum Gasteiger partial charge on any atom is -0.493 e. The Labute approximate surface area is 208 Å². The molecule has 184 valence electrons. The number of ether oxygens (including phenoxy) is 3. The van der Waals surface area contributed by atoms with Crippen molar-refractivity contribution in [2.75, 3.05) is 26.6 Å². The lowest BCUT2D eigenvalue weighted by molar-refractivity contribution is 0.0974. The molecular formula is C25H27ClN4O5. The fourth-order valence-electron chi connectivity index (χ4n) is 3.04. The molecule has 0 saturated heterocycles. The van der Waals surface area contributed by atoms with E-state index in [1.165, 1.54) is 45.6 Å². The monoisotopic (exact) mass is 498 g/mol. The molecule has 35 heavy (non-hydrogen) atoms. The molecule has 9 nitrogen and oxygen atoms in total. The van der Waals surface area contributed by atoms with Gasteiger partial charge in [0.2, 0.25) is 11.7 Å². The lowest BCUT2D eigenvalue weighted by Gasteiger charge is -2.14. The average Bonchev–Trinajstić information content (AvgIpc) is 2.84. The van der Waals surface area contributed by atoms with Gasteiger partial charge in [-0.05, 0) is 42.5 Å². The first-order valence-corrected chi connectivity index (χ1v) is 10.4. The second-order valence-electron chi connectivity index (χ2n) is 6.85. The highest BCUT2D eigenvalue weighted by Gasteiger charge is 2.18. The topological polar surface area (TPSA) is 124 Å². The number of anilines is 1. The van der Waals surface area contributed by atoms with E-state index in [0.717, 1.165) is 0 Å². The van der Waals surface area contributed by atoms with E-state index < -0.39 is 11.8 Å². The number of carbonyl (C=O) groups is 2. The minimum atomic E-state index is -0.545. The minimum absolute atomic E-state index is 0. The molecule has 0 spiro atoms. The number of nitrogens with one attached hydrogen (secondary N) is 2. The van der Waals surface area contributed by atoms with E-state index in [-0.39, 0.29) is 29.5 Å². The Morgan fingerprint density at radius 1 is 0.886 bits per heavy atom. The summed E-state index contributed by atoms with van der Waals surface area (Å²) < 4.78 is 15.8. The normalized spacial score (nSPS) is 10.6. The number of benzene rings is 3. The van der Waals surface area contributed by atoms with Gasteiger partial charge >= 0.3 is 0 Å². The van der Waals surface area contributed by atoms with E-state index in [1.807, 2.05) is 6.07 Å². The molecular weight excluding hydrogens is 472 g/mol. The molecule has 0 unspecified atom stereocenters. The molecule has 0 saturated carbocycles. The average molecular weight is 499 g/mol. The molecule has 0 bridgehead atoms. The highest BCUT2D eigenvalue weighted by Crippen LogP contribution is 2.38. The maximum absolute atomic E-state index is 12.7. The lowest BCUT2D eigenvalue weighted by Crippen LogP contribution is -2.36. The van der Waals surface area contributed by atoms with Crippen LogP contribution in [0.2, 0.25) is 5.02 Å². The van der Waals surface area contributed by atoms with Crippen LogP contribution >= 0.6 is 11.6 Å². The highest BCUT2D eigenvalue weighted by atomic mass is 35.5. The largest absolute Gasteiger partial charge is 0.493 e. The molecule has 10 heteroatoms. The predicted molar refractivity (Wildman–Crippen MR) is 137 cm³/mol. The summed E-state index contributed by atoms with van der Waals surface area (Å²) in [6.07, 6.45) is 0. The van der Waals surface area contributed by atoms with E-state index in [9.17, 15) is 9.59 Å². The Balaban J connectivity index is 0.00000432. The fraction of sp³-hybridized carbons (Fsp3) is 0.160. The molecule has 3 aromatic carbocycles. The van der Waals surface area contributed by atoms with Gasteiger partial charge in [0.15, 0.2) is 11.5 Å². The van der Waals surface area contributed by atoms with Crippen molar-refractivity contribution < 1.29 is 23.8 Å². The van der Waals surface area contributed by atoms with Gasteiger partial charge in [0.25, 0.3) is 11.8 Å². The summed E-state index contributed by atoms with van der Waals surface area (Å²) in [5.74, 6) is -0.158. The summed E-state index contributed by atoms with van der Waals surface area (Å²) in [5, 5.41) is 5.49. The Morgan fingerprint density at radius 2 is 1.51 bits per heavy atom. The van der Waals surface area contributed by atoms with Crippen LogP contribution in [0.3, 0.4) is 0 Å². The number of hydrogen-bond acceptors (Lipinski definition) is 6. The van der Waals surface area contributed by atoms with Gasteiger partial charge in [-0.3, -0.25) is 14.9 Å². The van der Waals surface area contributed by atoms with E-state index in [0.29, 0.717) is 28.6 Å². The molecule has 0 aliphatic carbocycles. The lowest BCUT2D eigenvalue weighted by atomic mass is 10.1. The van der Waals surface area contributed by atoms with E-state index in [1.54, 1.807) is 30.3 Å². The van der Waals surface area contributed by atoms with Crippen molar-refractivity contribution in [2.45, 2.75) is 7.43 Å². The van der Waals surface area contributed by atoms with Crippen LogP contribution in [-0.4, -0.2) is 39.1 Å². The van der Waals surface area contributed by atoms with E-state index >= 15 is 0 Å². The molecule has 0 atom stereocenters. The van der Waals surface area contributed by atoms with Gasteiger partial charge in [-0.2, -0.15) is 0 Å². The number of aliphatic imine (C=N–C) groups is 1. The number of halogens is 1. The maximum atomic E-state index is 12.7. The number of carbonyl (C=O) groups excluding carboxylic acids is 2. The molecule has 3 rings (SSSR count). The van der Waals surface area contributed by atoms with Gasteiger partial charge in [-0.1, -0.05) is 37.2 Å². The van der Waals surface area contributed by atoms with Gasteiger partial charge in [0, 0.05) is 11.3 Å². The summed E-state index contributed by atoms with van der Waals surface area (Å²) in [7, 11) is 4.35. The number of rotatable bonds is 7. The molecule has 0 fully saturated rings. The number of nitrogens with two attached hydrogens (primary N) is 1. The number of nitrogens with zero attached hydrogens (tertiary/aromatic N) is 1. The summed E-state index contributed by atoms with van der Waals surface area (Å²) in [6.45, 7) is 0.